The molecular formula is C22H32Cl4N6O. The van der Waals surface area contributed by atoms with Gasteiger partial charge in [0.05, 0.1) is 12.1 Å². The summed E-state index contributed by atoms with van der Waals surface area (Å²) in [5.41, 5.74) is 1.78. The number of likely N-dealkylation sites (N-methyl/N-ethyl adjacent to an activating group) is 1. The predicted octanol–water partition coefficient (Wildman–Crippen LogP) is 4.44. The molecule has 0 radical (unpaired) electrons. The Hall–Kier alpha value is -1.61. The number of fused-ring (bicyclic) bond motifs is 1. The number of nitrogens with zero attached hydrogens (tertiary/aromatic N) is 5. The van der Waals surface area contributed by atoms with Crippen molar-refractivity contribution in [3.05, 3.63) is 42.7 Å². The fourth-order valence-electron chi connectivity index (χ4n) is 3.56. The van der Waals surface area contributed by atoms with Gasteiger partial charge in [-0.25, -0.2) is 9.97 Å². The summed E-state index contributed by atoms with van der Waals surface area (Å²) in [7, 11) is 4.06. The maximum atomic E-state index is 6.01. The Bertz CT molecular complexity index is 958. The third-order valence-corrected chi connectivity index (χ3v) is 5.31. The van der Waals surface area contributed by atoms with Gasteiger partial charge >= 0.3 is 0 Å². The van der Waals surface area contributed by atoms with Crippen molar-refractivity contribution in [1.82, 2.24) is 24.8 Å². The highest BCUT2D eigenvalue weighted by Crippen LogP contribution is 2.27. The average Bonchev–Trinajstić information content (AvgIpc) is 2.77. The minimum atomic E-state index is 0. The van der Waals surface area contributed by atoms with E-state index in [0.29, 0.717) is 12.4 Å². The summed E-state index contributed by atoms with van der Waals surface area (Å²) >= 11 is 0. The first-order valence-electron chi connectivity index (χ1n) is 10.2. The maximum absolute atomic E-state index is 6.01. The normalized spacial score (nSPS) is 13.6. The third kappa shape index (κ3) is 8.28. The van der Waals surface area contributed by atoms with Crippen molar-refractivity contribution < 1.29 is 4.74 Å². The first kappa shape index (κ1) is 31.4. The summed E-state index contributed by atoms with van der Waals surface area (Å²) in [6, 6.07) is 9.85. The molecule has 1 aromatic carbocycles. The molecule has 1 aliphatic heterocycles. The number of nitrogens with one attached hydrogen (secondary N) is 1. The summed E-state index contributed by atoms with van der Waals surface area (Å²) in [6.45, 7) is 6.39. The van der Waals surface area contributed by atoms with Gasteiger partial charge in [0, 0.05) is 63.1 Å². The van der Waals surface area contributed by atoms with Crippen molar-refractivity contribution in [3.63, 3.8) is 0 Å². The highest BCUT2D eigenvalue weighted by atomic mass is 35.5. The second kappa shape index (κ2) is 15.3. The largest absolute Gasteiger partial charge is 0.494 e. The van der Waals surface area contributed by atoms with Gasteiger partial charge < -0.3 is 19.9 Å². The zero-order valence-corrected chi connectivity index (χ0v) is 22.0. The maximum Gasteiger partial charge on any atom is 0.163 e. The Labute approximate surface area is 220 Å². The second-order valence-corrected chi connectivity index (χ2v) is 7.41. The molecule has 33 heavy (non-hydrogen) atoms. The van der Waals surface area contributed by atoms with Crippen LogP contribution in [-0.2, 0) is 0 Å². The topological polar surface area (TPSA) is 66.4 Å². The van der Waals surface area contributed by atoms with Gasteiger partial charge in [-0.05, 0) is 43.8 Å². The average molecular weight is 538 g/mol. The lowest BCUT2D eigenvalue weighted by Gasteiger charge is -2.32. The van der Waals surface area contributed by atoms with E-state index in [1.807, 2.05) is 37.4 Å². The molecule has 0 atom stereocenters. The highest BCUT2D eigenvalue weighted by Gasteiger charge is 2.13. The lowest BCUT2D eigenvalue weighted by atomic mass is 10.2. The molecule has 0 spiro atoms. The van der Waals surface area contributed by atoms with Crippen LogP contribution in [-0.4, -0.2) is 78.2 Å². The van der Waals surface area contributed by atoms with Gasteiger partial charge in [-0.2, -0.15) is 0 Å². The number of rotatable bonds is 7. The van der Waals surface area contributed by atoms with Crippen LogP contribution in [0, 0.1) is 0 Å². The number of ether oxygens (including phenoxy) is 1. The molecule has 11 heteroatoms. The predicted molar refractivity (Wildman–Crippen MR) is 145 cm³/mol. The molecule has 0 bridgehead atoms. The van der Waals surface area contributed by atoms with Crippen molar-refractivity contribution in [3.8, 4) is 17.1 Å². The fraction of sp³-hybridized carbons (Fsp3) is 0.409. The van der Waals surface area contributed by atoms with Crippen molar-refractivity contribution in [2.24, 2.45) is 0 Å². The molecular weight excluding hydrogens is 506 g/mol. The Morgan fingerprint density at radius 2 is 1.76 bits per heavy atom. The van der Waals surface area contributed by atoms with Gasteiger partial charge in [0.1, 0.15) is 11.6 Å². The van der Waals surface area contributed by atoms with Crippen LogP contribution in [0.5, 0.6) is 5.75 Å². The minimum absolute atomic E-state index is 0. The number of benzene rings is 1. The Morgan fingerprint density at radius 1 is 1.00 bits per heavy atom. The molecule has 0 aliphatic carbocycles. The van der Waals surface area contributed by atoms with E-state index in [1.54, 1.807) is 12.4 Å². The first-order valence-corrected chi connectivity index (χ1v) is 10.2. The Balaban J connectivity index is 0.00000256. The van der Waals surface area contributed by atoms with Gasteiger partial charge in [0.15, 0.2) is 5.82 Å². The van der Waals surface area contributed by atoms with Crippen LogP contribution in [0.15, 0.2) is 42.7 Å². The van der Waals surface area contributed by atoms with Gasteiger partial charge in [-0.15, -0.1) is 49.6 Å². The zero-order chi connectivity index (χ0) is 20.1. The minimum Gasteiger partial charge on any atom is -0.494 e. The molecule has 184 valence electrons. The highest BCUT2D eigenvalue weighted by molar-refractivity contribution is 5.91. The number of halogens is 4. The second-order valence-electron chi connectivity index (χ2n) is 7.41. The number of aromatic nitrogens is 3. The standard InChI is InChI=1S/C22H28N6O.4ClH/c1-23-22-19-15-18(29-14-4-9-28-12-10-27(2)11-13-28)6-7-20(19)25-21(26-22)17-5-3-8-24-16-17;;;;/h3,5-8,15-16H,4,9-14H2,1-2H3,(H,23,25,26);4*1H. The molecule has 3 heterocycles. The van der Waals surface area contributed by atoms with Crippen molar-refractivity contribution in [2.45, 2.75) is 6.42 Å². The van der Waals surface area contributed by atoms with Crippen LogP contribution in [0.3, 0.4) is 0 Å². The smallest absolute Gasteiger partial charge is 0.163 e. The molecule has 1 saturated heterocycles. The number of pyridine rings is 1. The van der Waals surface area contributed by atoms with E-state index < -0.39 is 0 Å². The van der Waals surface area contributed by atoms with Crippen LogP contribution in [0.4, 0.5) is 5.82 Å². The summed E-state index contributed by atoms with van der Waals surface area (Å²) < 4.78 is 6.01. The molecule has 0 saturated carbocycles. The van der Waals surface area contributed by atoms with E-state index in [4.69, 9.17) is 9.72 Å². The van der Waals surface area contributed by atoms with Crippen LogP contribution in [0.1, 0.15) is 6.42 Å². The number of hydrogen-bond donors (Lipinski definition) is 1. The molecule has 2 aromatic heterocycles. The van der Waals surface area contributed by atoms with Gasteiger partial charge in [-0.3, -0.25) is 4.98 Å². The Kier molecular flexibility index (Phi) is 14.6. The lowest BCUT2D eigenvalue weighted by Crippen LogP contribution is -2.44. The van der Waals surface area contributed by atoms with E-state index in [1.165, 1.54) is 0 Å². The summed E-state index contributed by atoms with van der Waals surface area (Å²) in [5.74, 6) is 2.30. The quantitative estimate of drug-likeness (QED) is 0.447. The van der Waals surface area contributed by atoms with Crippen LogP contribution in [0.25, 0.3) is 22.3 Å². The molecule has 3 aromatic rings. The SMILES string of the molecule is CNc1nc(-c2cccnc2)nc2ccc(OCCCN3CCN(C)CC3)cc12.Cl.Cl.Cl.Cl. The molecule has 1 aliphatic rings. The Morgan fingerprint density at radius 3 is 2.42 bits per heavy atom. The van der Waals surface area contributed by atoms with Gasteiger partial charge in [0.25, 0.3) is 0 Å². The van der Waals surface area contributed by atoms with Crippen LogP contribution >= 0.6 is 49.6 Å². The number of anilines is 1. The number of piperazine rings is 1. The third-order valence-electron chi connectivity index (χ3n) is 5.31. The number of hydrogen-bond acceptors (Lipinski definition) is 7. The molecule has 4 rings (SSSR count). The van der Waals surface area contributed by atoms with E-state index >= 15 is 0 Å². The van der Waals surface area contributed by atoms with Crippen LogP contribution < -0.4 is 10.1 Å². The van der Waals surface area contributed by atoms with Crippen molar-refractivity contribution in [2.75, 3.05) is 58.7 Å². The molecule has 1 fully saturated rings. The monoisotopic (exact) mass is 536 g/mol. The zero-order valence-electron chi connectivity index (χ0n) is 18.8. The lowest BCUT2D eigenvalue weighted by molar-refractivity contribution is 0.145. The van der Waals surface area contributed by atoms with E-state index in [2.05, 4.69) is 32.1 Å². The van der Waals surface area contributed by atoms with E-state index in [9.17, 15) is 0 Å². The van der Waals surface area contributed by atoms with Gasteiger partial charge in [-0.1, -0.05) is 0 Å². The van der Waals surface area contributed by atoms with Crippen LogP contribution in [0.2, 0.25) is 0 Å². The molecule has 0 amide bonds. The molecule has 7 nitrogen and oxygen atoms in total. The molecule has 0 unspecified atom stereocenters. The summed E-state index contributed by atoms with van der Waals surface area (Å²) in [4.78, 5) is 18.4. The van der Waals surface area contributed by atoms with Gasteiger partial charge in [0.2, 0.25) is 0 Å². The summed E-state index contributed by atoms with van der Waals surface area (Å²) in [6.07, 6.45) is 4.55. The molecule has 1 N–H and O–H groups in total. The summed E-state index contributed by atoms with van der Waals surface area (Å²) in [5, 5.41) is 4.14. The fourth-order valence-corrected chi connectivity index (χ4v) is 3.56. The van der Waals surface area contributed by atoms with Crippen molar-refractivity contribution >= 4 is 66.3 Å². The van der Waals surface area contributed by atoms with E-state index in [0.717, 1.165) is 67.2 Å². The first-order chi connectivity index (χ1) is 14.2. The van der Waals surface area contributed by atoms with Crippen molar-refractivity contribution in [1.29, 1.82) is 0 Å². The van der Waals surface area contributed by atoms with E-state index in [-0.39, 0.29) is 49.6 Å².